The van der Waals surface area contributed by atoms with Gasteiger partial charge in [-0.1, -0.05) is 29.8 Å². The summed E-state index contributed by atoms with van der Waals surface area (Å²) in [6, 6.07) is 11.3. The second kappa shape index (κ2) is 5.76. The lowest BCUT2D eigenvalue weighted by Crippen LogP contribution is -2.40. The second-order valence-electron chi connectivity index (χ2n) is 5.09. The lowest BCUT2D eigenvalue weighted by molar-refractivity contribution is 0.354. The fraction of sp³-hybridized carbons (Fsp3) is 0.200. The van der Waals surface area contributed by atoms with E-state index in [9.17, 15) is 4.79 Å². The van der Waals surface area contributed by atoms with Crippen LogP contribution >= 0.6 is 24.0 Å². The quantitative estimate of drug-likeness (QED) is 0.782. The first-order valence-electron chi connectivity index (χ1n) is 6.84. The first-order valence-corrected chi connectivity index (χ1v) is 7.22. The summed E-state index contributed by atoms with van der Waals surface area (Å²) in [6.07, 6.45) is 2.69. The minimum Gasteiger partial charge on any atom is -0.307 e. The van der Waals surface area contributed by atoms with Gasteiger partial charge < -0.3 is 5.32 Å². The molecule has 1 atom stereocenters. The summed E-state index contributed by atoms with van der Waals surface area (Å²) in [5, 5.41) is 8.31. The second-order valence-corrected chi connectivity index (χ2v) is 5.49. The van der Waals surface area contributed by atoms with E-state index in [-0.39, 0.29) is 24.0 Å². The predicted molar refractivity (Wildman–Crippen MR) is 88.4 cm³/mol. The zero-order valence-electron chi connectivity index (χ0n) is 11.6. The monoisotopic (exact) mass is 336 g/mol. The zero-order valence-corrected chi connectivity index (χ0v) is 13.1. The minimum atomic E-state index is -0.144. The van der Waals surface area contributed by atoms with Crippen LogP contribution in [0.3, 0.4) is 0 Å². The molecule has 1 aliphatic heterocycles. The normalized spacial score (nSPS) is 17.0. The molecule has 1 fully saturated rings. The van der Waals surface area contributed by atoms with Gasteiger partial charge in [0.15, 0.2) is 5.82 Å². The Kier molecular flexibility index (Phi) is 3.95. The Morgan fingerprint density at radius 2 is 1.95 bits per heavy atom. The van der Waals surface area contributed by atoms with Crippen LogP contribution in [0.15, 0.2) is 47.4 Å². The van der Waals surface area contributed by atoms with E-state index in [0.29, 0.717) is 10.5 Å². The van der Waals surface area contributed by atoms with E-state index in [1.54, 1.807) is 21.3 Å². The van der Waals surface area contributed by atoms with Crippen molar-refractivity contribution in [2.45, 2.75) is 12.5 Å². The largest absolute Gasteiger partial charge is 0.307 e. The zero-order chi connectivity index (χ0) is 14.4. The highest BCUT2D eigenvalue weighted by Crippen LogP contribution is 2.24. The Morgan fingerprint density at radius 3 is 2.59 bits per heavy atom. The van der Waals surface area contributed by atoms with Crippen molar-refractivity contribution in [1.82, 2.24) is 19.5 Å². The molecule has 3 aromatic rings. The summed E-state index contributed by atoms with van der Waals surface area (Å²) in [5.41, 5.74) is 1.07. The summed E-state index contributed by atoms with van der Waals surface area (Å²) >= 11 is 6.13. The number of para-hydroxylation sites is 1. The van der Waals surface area contributed by atoms with Crippen LogP contribution in [-0.2, 0) is 0 Å². The molecule has 1 saturated heterocycles. The lowest BCUT2D eigenvalue weighted by atomic mass is 10.1. The molecule has 1 aromatic carbocycles. The van der Waals surface area contributed by atoms with Crippen molar-refractivity contribution in [3.63, 3.8) is 0 Å². The molecule has 2 aromatic heterocycles. The summed E-state index contributed by atoms with van der Waals surface area (Å²) in [4.78, 5) is 12.9. The van der Waals surface area contributed by atoms with Crippen molar-refractivity contribution in [3.05, 3.63) is 63.8 Å². The van der Waals surface area contributed by atoms with Gasteiger partial charge in [-0.25, -0.2) is 4.52 Å². The van der Waals surface area contributed by atoms with Crippen molar-refractivity contribution >= 4 is 29.5 Å². The summed E-state index contributed by atoms with van der Waals surface area (Å²) in [6.45, 7) is 0.944. The van der Waals surface area contributed by atoms with Crippen LogP contribution in [0.5, 0.6) is 0 Å². The highest BCUT2D eigenvalue weighted by molar-refractivity contribution is 6.33. The van der Waals surface area contributed by atoms with E-state index >= 15 is 0 Å². The lowest BCUT2D eigenvalue weighted by Gasteiger charge is -2.29. The molecule has 0 unspecified atom stereocenters. The van der Waals surface area contributed by atoms with Crippen LogP contribution in [0.1, 0.15) is 18.3 Å². The van der Waals surface area contributed by atoms with Gasteiger partial charge in [0.1, 0.15) is 5.52 Å². The minimum absolute atomic E-state index is 0. The van der Waals surface area contributed by atoms with Crippen molar-refractivity contribution in [1.29, 1.82) is 0 Å². The van der Waals surface area contributed by atoms with Crippen LogP contribution in [-0.4, -0.2) is 20.7 Å². The van der Waals surface area contributed by atoms with E-state index in [0.717, 1.165) is 24.5 Å². The summed E-state index contributed by atoms with van der Waals surface area (Å²) in [5.74, 6) is 0.720. The van der Waals surface area contributed by atoms with Crippen LogP contribution in [0, 0.1) is 0 Å². The van der Waals surface area contributed by atoms with Gasteiger partial charge in [0, 0.05) is 6.20 Å². The van der Waals surface area contributed by atoms with Crippen molar-refractivity contribution in [3.8, 4) is 5.69 Å². The molecule has 0 amide bonds. The van der Waals surface area contributed by atoms with Gasteiger partial charge in [-0.15, -0.1) is 12.4 Å². The smallest absolute Gasteiger partial charge is 0.284 e. The van der Waals surface area contributed by atoms with E-state index in [2.05, 4.69) is 10.4 Å². The Labute approximate surface area is 137 Å². The average molecular weight is 337 g/mol. The maximum absolute atomic E-state index is 12.9. The standard InChI is InChI=1S/C15H13ClN4O.ClH/c16-11-7-9-19-13(11)15(21)20(10-4-2-1-3-5-10)14(18-19)12-6-8-17-12;/h1-5,7,9,12,17H,6,8H2;1H/t12-;/m0./s1. The third-order valence-electron chi connectivity index (χ3n) is 3.81. The number of hydrogen-bond acceptors (Lipinski definition) is 3. The number of benzene rings is 1. The molecule has 7 heteroatoms. The summed E-state index contributed by atoms with van der Waals surface area (Å²) < 4.78 is 3.22. The topological polar surface area (TPSA) is 51.3 Å². The Bertz CT molecular complexity index is 868. The molecule has 0 aliphatic carbocycles. The third-order valence-corrected chi connectivity index (χ3v) is 4.12. The van der Waals surface area contributed by atoms with Gasteiger partial charge >= 0.3 is 0 Å². The molecule has 3 heterocycles. The molecular formula is C15H14Cl2N4O. The van der Waals surface area contributed by atoms with Crippen LogP contribution in [0.2, 0.25) is 5.02 Å². The first-order chi connectivity index (χ1) is 10.3. The van der Waals surface area contributed by atoms with E-state index in [1.165, 1.54) is 0 Å². The number of aromatic nitrogens is 3. The fourth-order valence-corrected chi connectivity index (χ4v) is 2.83. The Balaban J connectivity index is 0.00000144. The van der Waals surface area contributed by atoms with Gasteiger partial charge in [0.25, 0.3) is 5.56 Å². The highest BCUT2D eigenvalue weighted by Gasteiger charge is 2.26. The predicted octanol–water partition coefficient (Wildman–Crippen LogP) is 2.59. The summed E-state index contributed by atoms with van der Waals surface area (Å²) in [7, 11) is 0. The van der Waals surface area contributed by atoms with E-state index in [1.807, 2.05) is 30.3 Å². The molecule has 0 saturated carbocycles. The number of hydrogen-bond donors (Lipinski definition) is 1. The fourth-order valence-electron chi connectivity index (χ4n) is 2.61. The molecular weight excluding hydrogens is 323 g/mol. The third kappa shape index (κ3) is 2.22. The number of nitrogens with zero attached hydrogens (tertiary/aromatic N) is 3. The van der Waals surface area contributed by atoms with Gasteiger partial charge in [0.05, 0.1) is 16.8 Å². The molecule has 0 bridgehead atoms. The van der Waals surface area contributed by atoms with Gasteiger partial charge in [-0.05, 0) is 31.2 Å². The van der Waals surface area contributed by atoms with Gasteiger partial charge in [0.2, 0.25) is 0 Å². The molecule has 22 heavy (non-hydrogen) atoms. The number of fused-ring (bicyclic) bond motifs is 1. The van der Waals surface area contributed by atoms with Gasteiger partial charge in [-0.3, -0.25) is 9.36 Å². The maximum Gasteiger partial charge on any atom is 0.284 e. The number of halogens is 2. The van der Waals surface area contributed by atoms with Crippen molar-refractivity contribution in [2.24, 2.45) is 0 Å². The SMILES string of the molecule is Cl.O=c1c2c(Cl)ccn2nc([C@@H]2CCN2)n1-c1ccccc1. The van der Waals surface area contributed by atoms with Crippen molar-refractivity contribution < 1.29 is 0 Å². The molecule has 4 rings (SSSR count). The van der Waals surface area contributed by atoms with Gasteiger partial charge in [-0.2, -0.15) is 5.10 Å². The van der Waals surface area contributed by atoms with Crippen LogP contribution < -0.4 is 10.9 Å². The highest BCUT2D eigenvalue weighted by atomic mass is 35.5. The van der Waals surface area contributed by atoms with E-state index < -0.39 is 0 Å². The molecule has 0 radical (unpaired) electrons. The molecule has 1 N–H and O–H groups in total. The average Bonchev–Trinajstić information content (AvgIpc) is 2.80. The number of nitrogens with one attached hydrogen (secondary N) is 1. The first kappa shape index (κ1) is 15.1. The number of rotatable bonds is 2. The maximum atomic E-state index is 12.9. The van der Waals surface area contributed by atoms with Crippen LogP contribution in [0.4, 0.5) is 0 Å². The molecule has 114 valence electrons. The molecule has 1 aliphatic rings. The Hall–Kier alpha value is -1.82. The van der Waals surface area contributed by atoms with Crippen molar-refractivity contribution in [2.75, 3.05) is 6.54 Å². The van der Waals surface area contributed by atoms with Crippen LogP contribution in [0.25, 0.3) is 11.2 Å². The Morgan fingerprint density at radius 1 is 1.23 bits per heavy atom. The molecule has 0 spiro atoms. The molecule has 5 nitrogen and oxygen atoms in total. The van der Waals surface area contributed by atoms with E-state index in [4.69, 9.17) is 11.6 Å².